The second-order valence-corrected chi connectivity index (χ2v) is 17.1. The zero-order chi connectivity index (χ0) is 9.73. The molecule has 1 fully saturated rings. The van der Waals surface area contributed by atoms with Gasteiger partial charge in [-0.15, -0.1) is 15.3 Å². The van der Waals surface area contributed by atoms with Crippen molar-refractivity contribution in [1.82, 2.24) is 0 Å². The largest absolute Gasteiger partial charge is 0.127 e. The van der Waals surface area contributed by atoms with E-state index in [1.165, 1.54) is 25.7 Å². The van der Waals surface area contributed by atoms with Crippen LogP contribution in [0.1, 0.15) is 39.5 Å². The molecule has 0 amide bonds. The molecule has 0 bridgehead atoms. The summed E-state index contributed by atoms with van der Waals surface area (Å²) < 4.78 is 0. The van der Waals surface area contributed by atoms with E-state index >= 15 is 0 Å². The summed E-state index contributed by atoms with van der Waals surface area (Å²) in [4.78, 5) is 0. The number of rotatable bonds is 6. The first-order valence-corrected chi connectivity index (χ1v) is 12.7. The minimum Gasteiger partial charge on any atom is -0.127 e. The number of halogens is 1. The van der Waals surface area contributed by atoms with Crippen molar-refractivity contribution in [1.29, 1.82) is 0 Å². The summed E-state index contributed by atoms with van der Waals surface area (Å²) in [6, 6.07) is 3.16. The van der Waals surface area contributed by atoms with Crippen molar-refractivity contribution < 1.29 is 0 Å². The van der Waals surface area contributed by atoms with Crippen molar-refractivity contribution in [2.45, 2.75) is 63.0 Å². The molecule has 0 aromatic carbocycles. The highest BCUT2D eigenvalue weighted by Gasteiger charge is 2.43. The number of unbranched alkanes of at least 4 members (excludes halogenated alkanes) is 2. The lowest BCUT2D eigenvalue weighted by Crippen LogP contribution is -2.48. The van der Waals surface area contributed by atoms with Gasteiger partial charge in [-0.2, -0.15) is 0 Å². The molecule has 0 aliphatic carbocycles. The minimum absolute atomic E-state index is 0.168. The summed E-state index contributed by atoms with van der Waals surface area (Å²) >= 11 is 4.07. The van der Waals surface area contributed by atoms with Gasteiger partial charge in [0.05, 0.1) is 0 Å². The van der Waals surface area contributed by atoms with Gasteiger partial charge < -0.3 is 0 Å². The fourth-order valence-corrected chi connectivity index (χ4v) is 21.5. The summed E-state index contributed by atoms with van der Waals surface area (Å²) in [5.74, 6) is 0. The first-order valence-electron chi connectivity index (χ1n) is 5.72. The summed E-state index contributed by atoms with van der Waals surface area (Å²) in [6.07, 6.45) is 5.76. The van der Waals surface area contributed by atoms with Gasteiger partial charge in [0.15, 0.2) is 0 Å². The predicted molar refractivity (Wildman–Crippen MR) is 69.5 cm³/mol. The predicted octanol–water partition coefficient (Wildman–Crippen LogP) is 4.51. The smallest absolute Gasteiger partial charge is 0.124 e. The zero-order valence-corrected chi connectivity index (χ0v) is 12.6. The Morgan fingerprint density at radius 2 is 1.77 bits per heavy atom. The minimum atomic E-state index is -0.773. The van der Waals surface area contributed by atoms with E-state index in [-0.39, 0.29) is 8.80 Å². The third-order valence-electron chi connectivity index (χ3n) is 3.00. The van der Waals surface area contributed by atoms with Crippen LogP contribution in [0.2, 0.25) is 23.4 Å². The van der Waals surface area contributed by atoms with Crippen LogP contribution in [0.4, 0.5) is 0 Å². The highest BCUT2D eigenvalue weighted by Crippen LogP contribution is 2.43. The lowest BCUT2D eigenvalue weighted by molar-refractivity contribution is 0.857. The Hall–Kier alpha value is 0.914. The van der Waals surface area contributed by atoms with E-state index in [1.54, 1.807) is 23.4 Å². The monoisotopic (exact) mass is 277 g/mol. The first-order chi connectivity index (χ1) is 6.20. The van der Waals surface area contributed by atoms with Crippen LogP contribution in [0.15, 0.2) is 0 Å². The second kappa shape index (κ2) is 5.71. The average Bonchev–Trinajstić information content (AvgIpc) is 2.07. The molecule has 0 N–H and O–H groups in total. The standard InChI is InChI=1S/C10H22BrSi2/c1-3-5-7-12-9-13(11,10-12)8-6-4-2/h3-10H2,1-2H3. The fraction of sp³-hybridized carbons (Fsp3) is 1.00. The van der Waals surface area contributed by atoms with Crippen LogP contribution >= 0.6 is 15.3 Å². The molecule has 1 saturated heterocycles. The van der Waals surface area contributed by atoms with Crippen LogP contribution in [0, 0.1) is 0 Å². The molecule has 1 heterocycles. The lowest BCUT2D eigenvalue weighted by atomic mass is 10.4. The Morgan fingerprint density at radius 1 is 1.15 bits per heavy atom. The normalized spacial score (nSPS) is 21.5. The lowest BCUT2D eigenvalue weighted by Gasteiger charge is -2.41. The summed E-state index contributed by atoms with van der Waals surface area (Å²) in [5, 5.41) is 0. The molecule has 0 spiro atoms. The molecule has 1 rings (SSSR count). The molecule has 0 saturated carbocycles. The molecular weight excluding hydrogens is 256 g/mol. The molecule has 1 aliphatic heterocycles. The second-order valence-electron chi connectivity index (χ2n) is 4.46. The van der Waals surface area contributed by atoms with E-state index in [0.29, 0.717) is 0 Å². The van der Waals surface area contributed by atoms with Gasteiger partial charge in [-0.05, 0) is 6.04 Å². The van der Waals surface area contributed by atoms with Crippen LogP contribution in [0.5, 0.6) is 0 Å². The maximum Gasteiger partial charge on any atom is 0.124 e. The van der Waals surface area contributed by atoms with Gasteiger partial charge in [0.1, 0.15) is 6.69 Å². The van der Waals surface area contributed by atoms with Crippen LogP contribution in [0.3, 0.4) is 0 Å². The SMILES string of the molecule is CCCC[Si]1C[Si](Br)(CCCC)C1. The maximum atomic E-state index is 4.07. The van der Waals surface area contributed by atoms with E-state index in [4.69, 9.17) is 0 Å². The van der Waals surface area contributed by atoms with Crippen LogP contribution in [-0.2, 0) is 0 Å². The van der Waals surface area contributed by atoms with Crippen molar-refractivity contribution in [2.24, 2.45) is 0 Å². The molecule has 0 unspecified atom stereocenters. The van der Waals surface area contributed by atoms with Gasteiger partial charge in [-0.3, -0.25) is 0 Å². The first kappa shape index (κ1) is 12.0. The molecule has 77 valence electrons. The van der Waals surface area contributed by atoms with Crippen molar-refractivity contribution >= 4 is 30.8 Å². The average molecular weight is 278 g/mol. The van der Waals surface area contributed by atoms with Crippen LogP contribution in [-0.4, -0.2) is 15.5 Å². The number of hydrogen-bond acceptors (Lipinski definition) is 0. The molecule has 0 aromatic rings. The number of hydrogen-bond donors (Lipinski definition) is 0. The van der Waals surface area contributed by atoms with Gasteiger partial charge in [-0.25, -0.2) is 0 Å². The molecule has 1 aliphatic rings. The van der Waals surface area contributed by atoms with Crippen LogP contribution < -0.4 is 0 Å². The van der Waals surface area contributed by atoms with Gasteiger partial charge in [0.2, 0.25) is 0 Å². The van der Waals surface area contributed by atoms with E-state index in [2.05, 4.69) is 29.1 Å². The van der Waals surface area contributed by atoms with E-state index in [0.717, 1.165) is 0 Å². The van der Waals surface area contributed by atoms with Crippen molar-refractivity contribution in [3.05, 3.63) is 0 Å². The highest BCUT2D eigenvalue weighted by molar-refractivity contribution is 9.26. The quantitative estimate of drug-likeness (QED) is 0.495. The van der Waals surface area contributed by atoms with E-state index < -0.39 is 6.69 Å². The molecule has 1 radical (unpaired) electrons. The molecule has 3 heteroatoms. The Labute approximate surface area is 93.7 Å². The van der Waals surface area contributed by atoms with Crippen molar-refractivity contribution in [3.63, 3.8) is 0 Å². The fourth-order valence-electron chi connectivity index (χ4n) is 2.12. The third kappa shape index (κ3) is 3.88. The Morgan fingerprint density at radius 3 is 2.31 bits per heavy atom. The highest BCUT2D eigenvalue weighted by atomic mass is 79.9. The molecule has 0 nitrogen and oxygen atoms in total. The maximum absolute atomic E-state index is 4.07. The van der Waals surface area contributed by atoms with Crippen LogP contribution in [0.25, 0.3) is 0 Å². The van der Waals surface area contributed by atoms with Crippen molar-refractivity contribution in [2.75, 3.05) is 0 Å². The topological polar surface area (TPSA) is 0 Å². The van der Waals surface area contributed by atoms with Crippen molar-refractivity contribution in [3.8, 4) is 0 Å². The Bertz CT molecular complexity index is 144. The van der Waals surface area contributed by atoms with E-state index in [1.807, 2.05) is 0 Å². The third-order valence-corrected chi connectivity index (χ3v) is 20.6. The van der Waals surface area contributed by atoms with Gasteiger partial charge in [0, 0.05) is 8.80 Å². The van der Waals surface area contributed by atoms with E-state index in [9.17, 15) is 0 Å². The Balaban J connectivity index is 2.07. The molecule has 0 aromatic heterocycles. The molecular formula is C10H22BrSi2. The molecule has 0 atom stereocenters. The molecule has 13 heavy (non-hydrogen) atoms. The van der Waals surface area contributed by atoms with Gasteiger partial charge in [0.25, 0.3) is 0 Å². The summed E-state index contributed by atoms with van der Waals surface area (Å²) in [6.45, 7) is 3.86. The van der Waals surface area contributed by atoms with Gasteiger partial charge in [-0.1, -0.05) is 56.9 Å². The summed E-state index contributed by atoms with van der Waals surface area (Å²) in [7, 11) is 0.168. The Kier molecular flexibility index (Phi) is 5.27. The summed E-state index contributed by atoms with van der Waals surface area (Å²) in [5.41, 5.74) is 3.36. The van der Waals surface area contributed by atoms with Gasteiger partial charge >= 0.3 is 0 Å². The zero-order valence-electron chi connectivity index (χ0n) is 9.03.